The Morgan fingerprint density at radius 3 is 2.42 bits per heavy atom. The van der Waals surface area contributed by atoms with Gasteiger partial charge in [0.1, 0.15) is 0 Å². The number of nitrogens with zero attached hydrogens (tertiary/aromatic N) is 1. The molecule has 2 aliphatic rings. The summed E-state index contributed by atoms with van der Waals surface area (Å²) in [5, 5.41) is 2.98. The van der Waals surface area contributed by atoms with E-state index in [1.54, 1.807) is 0 Å². The molecule has 4 nitrogen and oxygen atoms in total. The van der Waals surface area contributed by atoms with E-state index in [0.29, 0.717) is 24.9 Å². The molecule has 1 aromatic rings. The third-order valence-corrected chi connectivity index (χ3v) is 5.39. The number of nitrogens with one attached hydrogen (secondary N) is 1. The van der Waals surface area contributed by atoms with E-state index in [4.69, 9.17) is 0 Å². The highest BCUT2D eigenvalue weighted by molar-refractivity contribution is 5.97. The Kier molecular flexibility index (Phi) is 5.22. The van der Waals surface area contributed by atoms with Crippen molar-refractivity contribution in [2.45, 2.75) is 64.3 Å². The average molecular weight is 328 g/mol. The number of carbonyl (C=O) groups is 2. The molecule has 0 spiro atoms. The van der Waals surface area contributed by atoms with Gasteiger partial charge in [-0.2, -0.15) is 0 Å². The molecule has 1 N–H and O–H groups in total. The van der Waals surface area contributed by atoms with Gasteiger partial charge in [0.15, 0.2) is 0 Å². The van der Waals surface area contributed by atoms with Gasteiger partial charge in [0, 0.05) is 24.7 Å². The molecule has 1 saturated heterocycles. The molecule has 1 aliphatic heterocycles. The lowest BCUT2D eigenvalue weighted by Crippen LogP contribution is -2.38. The topological polar surface area (TPSA) is 49.4 Å². The Morgan fingerprint density at radius 1 is 1.12 bits per heavy atom. The van der Waals surface area contributed by atoms with E-state index in [1.165, 1.54) is 24.8 Å². The fourth-order valence-corrected chi connectivity index (χ4v) is 3.85. The highest BCUT2D eigenvalue weighted by Crippen LogP contribution is 2.29. The van der Waals surface area contributed by atoms with Crippen LogP contribution in [0.4, 0.5) is 5.69 Å². The molecular weight excluding hydrogens is 300 g/mol. The number of benzene rings is 1. The van der Waals surface area contributed by atoms with E-state index < -0.39 is 0 Å². The van der Waals surface area contributed by atoms with Crippen LogP contribution < -0.4 is 5.32 Å². The summed E-state index contributed by atoms with van der Waals surface area (Å²) in [6.07, 6.45) is 6.22. The van der Waals surface area contributed by atoms with Crippen LogP contribution in [0.2, 0.25) is 0 Å². The van der Waals surface area contributed by atoms with E-state index in [0.717, 1.165) is 18.5 Å². The van der Waals surface area contributed by atoms with Crippen molar-refractivity contribution < 1.29 is 9.59 Å². The number of likely N-dealkylation sites (tertiary alicyclic amines) is 1. The van der Waals surface area contributed by atoms with Crippen molar-refractivity contribution in [1.82, 2.24) is 4.90 Å². The fourth-order valence-electron chi connectivity index (χ4n) is 3.85. The van der Waals surface area contributed by atoms with Crippen molar-refractivity contribution in [2.75, 3.05) is 11.9 Å². The fraction of sp³-hybridized carbons (Fsp3) is 0.600. The largest absolute Gasteiger partial charge is 0.339 e. The molecule has 0 radical (unpaired) electrons. The van der Waals surface area contributed by atoms with Gasteiger partial charge in [-0.1, -0.05) is 45.2 Å². The minimum absolute atomic E-state index is 0.0287. The maximum absolute atomic E-state index is 12.5. The minimum Gasteiger partial charge on any atom is -0.339 e. The molecule has 2 fully saturated rings. The Hall–Kier alpha value is -1.84. The SMILES string of the molecule is CC(C)c1ccc(NC(=O)[C@H]2CC(=O)N(C3CCCCC3)C2)cc1. The molecule has 1 aromatic carbocycles. The molecule has 24 heavy (non-hydrogen) atoms. The van der Waals surface area contributed by atoms with Crippen LogP contribution in [0.3, 0.4) is 0 Å². The van der Waals surface area contributed by atoms with Crippen LogP contribution in [0.5, 0.6) is 0 Å². The van der Waals surface area contributed by atoms with Crippen molar-refractivity contribution in [3.05, 3.63) is 29.8 Å². The minimum atomic E-state index is -0.218. The molecule has 0 aromatic heterocycles. The zero-order chi connectivity index (χ0) is 17.1. The maximum atomic E-state index is 12.5. The van der Waals surface area contributed by atoms with Gasteiger partial charge in [-0.15, -0.1) is 0 Å². The lowest BCUT2D eigenvalue weighted by atomic mass is 9.94. The summed E-state index contributed by atoms with van der Waals surface area (Å²) in [7, 11) is 0. The highest BCUT2D eigenvalue weighted by atomic mass is 16.2. The van der Waals surface area contributed by atoms with Crippen molar-refractivity contribution >= 4 is 17.5 Å². The average Bonchev–Trinajstić information content (AvgIpc) is 2.98. The number of amides is 2. The van der Waals surface area contributed by atoms with E-state index in [2.05, 4.69) is 31.3 Å². The van der Waals surface area contributed by atoms with Crippen LogP contribution in [0.15, 0.2) is 24.3 Å². The summed E-state index contributed by atoms with van der Waals surface area (Å²) in [5.74, 6) is 0.381. The Morgan fingerprint density at radius 2 is 1.79 bits per heavy atom. The van der Waals surface area contributed by atoms with Gasteiger partial charge in [-0.25, -0.2) is 0 Å². The number of carbonyl (C=O) groups excluding carboxylic acids is 2. The van der Waals surface area contributed by atoms with Gasteiger partial charge in [0.2, 0.25) is 11.8 Å². The summed E-state index contributed by atoms with van der Waals surface area (Å²) >= 11 is 0. The summed E-state index contributed by atoms with van der Waals surface area (Å²) in [6.45, 7) is 4.88. The predicted octanol–water partition coefficient (Wildman–Crippen LogP) is 3.93. The smallest absolute Gasteiger partial charge is 0.229 e. The molecule has 1 atom stereocenters. The van der Waals surface area contributed by atoms with Crippen molar-refractivity contribution in [3.63, 3.8) is 0 Å². The van der Waals surface area contributed by atoms with Gasteiger partial charge in [0.25, 0.3) is 0 Å². The second kappa shape index (κ2) is 7.37. The Balaban J connectivity index is 1.58. The quantitative estimate of drug-likeness (QED) is 0.910. The monoisotopic (exact) mass is 328 g/mol. The lowest BCUT2D eigenvalue weighted by molar-refractivity contribution is -0.130. The van der Waals surface area contributed by atoms with Gasteiger partial charge in [-0.3, -0.25) is 9.59 Å². The second-order valence-electron chi connectivity index (χ2n) is 7.50. The first-order valence-electron chi connectivity index (χ1n) is 9.25. The van der Waals surface area contributed by atoms with E-state index in [-0.39, 0.29) is 17.7 Å². The summed E-state index contributed by atoms with van der Waals surface area (Å²) in [4.78, 5) is 26.8. The molecule has 0 bridgehead atoms. The first kappa shape index (κ1) is 17.0. The number of anilines is 1. The van der Waals surface area contributed by atoms with Crippen LogP contribution in [0.1, 0.15) is 63.9 Å². The van der Waals surface area contributed by atoms with Crippen LogP contribution in [0.25, 0.3) is 0 Å². The van der Waals surface area contributed by atoms with Gasteiger partial charge >= 0.3 is 0 Å². The zero-order valence-electron chi connectivity index (χ0n) is 14.8. The molecule has 0 unspecified atom stereocenters. The molecule has 1 heterocycles. The molecule has 2 amide bonds. The van der Waals surface area contributed by atoms with Gasteiger partial charge in [-0.05, 0) is 36.5 Å². The Labute approximate surface area is 144 Å². The van der Waals surface area contributed by atoms with Crippen molar-refractivity contribution in [3.8, 4) is 0 Å². The van der Waals surface area contributed by atoms with E-state index in [9.17, 15) is 9.59 Å². The maximum Gasteiger partial charge on any atom is 0.229 e. The lowest BCUT2D eigenvalue weighted by Gasteiger charge is -2.31. The van der Waals surface area contributed by atoms with Gasteiger partial charge < -0.3 is 10.2 Å². The highest BCUT2D eigenvalue weighted by Gasteiger charge is 2.38. The van der Waals surface area contributed by atoms with Crippen molar-refractivity contribution in [2.24, 2.45) is 5.92 Å². The standard InChI is InChI=1S/C20H28N2O2/c1-14(2)15-8-10-17(11-9-15)21-20(24)16-12-19(23)22(13-16)18-6-4-3-5-7-18/h8-11,14,16,18H,3-7,12-13H2,1-2H3,(H,21,24)/t16-/m0/s1. The molecule has 1 aliphatic carbocycles. The van der Waals surface area contributed by atoms with Crippen LogP contribution in [-0.2, 0) is 9.59 Å². The van der Waals surface area contributed by atoms with Crippen LogP contribution >= 0.6 is 0 Å². The number of hydrogen-bond donors (Lipinski definition) is 1. The molecule has 4 heteroatoms. The van der Waals surface area contributed by atoms with Crippen molar-refractivity contribution in [1.29, 1.82) is 0 Å². The number of rotatable bonds is 4. The van der Waals surface area contributed by atoms with E-state index in [1.807, 2.05) is 17.0 Å². The van der Waals surface area contributed by atoms with E-state index >= 15 is 0 Å². The molecule has 1 saturated carbocycles. The first-order chi connectivity index (χ1) is 11.5. The number of hydrogen-bond acceptors (Lipinski definition) is 2. The molecular formula is C20H28N2O2. The van der Waals surface area contributed by atoms with Crippen LogP contribution in [-0.4, -0.2) is 29.3 Å². The normalized spacial score (nSPS) is 22.2. The second-order valence-corrected chi connectivity index (χ2v) is 7.50. The third-order valence-electron chi connectivity index (χ3n) is 5.39. The summed E-state index contributed by atoms with van der Waals surface area (Å²) < 4.78 is 0. The summed E-state index contributed by atoms with van der Waals surface area (Å²) in [6, 6.07) is 8.35. The predicted molar refractivity (Wildman–Crippen MR) is 95.9 cm³/mol. The van der Waals surface area contributed by atoms with Gasteiger partial charge in [0.05, 0.1) is 5.92 Å². The third kappa shape index (κ3) is 3.80. The first-order valence-corrected chi connectivity index (χ1v) is 9.25. The van der Waals surface area contributed by atoms with Crippen LogP contribution in [0, 0.1) is 5.92 Å². The molecule has 130 valence electrons. The summed E-state index contributed by atoms with van der Waals surface area (Å²) in [5.41, 5.74) is 2.07. The molecule has 3 rings (SSSR count). The zero-order valence-corrected chi connectivity index (χ0v) is 14.8. The Bertz CT molecular complexity index is 588.